The summed E-state index contributed by atoms with van der Waals surface area (Å²) in [5, 5.41) is 0. The lowest BCUT2D eigenvalue weighted by atomic mass is 9.85. The molecule has 1 aromatic carbocycles. The van der Waals surface area contributed by atoms with Gasteiger partial charge in [0.1, 0.15) is 17.3 Å². The van der Waals surface area contributed by atoms with Gasteiger partial charge < -0.3 is 4.90 Å². The number of fused-ring (bicyclic) bond motifs is 1. The largest absolute Gasteiger partial charge is 0.337 e. The van der Waals surface area contributed by atoms with Crippen LogP contribution in [0.25, 0.3) is 0 Å². The number of aromatic nitrogens is 2. The molecular weight excluding hydrogens is 333 g/mol. The van der Waals surface area contributed by atoms with E-state index in [0.717, 1.165) is 17.7 Å². The second-order valence-electron chi connectivity index (χ2n) is 7.07. The molecule has 0 radical (unpaired) electrons. The quantitative estimate of drug-likeness (QED) is 0.861. The van der Waals surface area contributed by atoms with Crippen molar-refractivity contribution in [1.29, 1.82) is 0 Å². The fraction of sp³-hybridized carbons (Fsp3) is 0.421. The summed E-state index contributed by atoms with van der Waals surface area (Å²) in [5.74, 6) is 0.534. The molecule has 1 aromatic heterocycles. The molecule has 26 heavy (non-hydrogen) atoms. The van der Waals surface area contributed by atoms with E-state index in [2.05, 4.69) is 20.8 Å². The first kappa shape index (κ1) is 17.1. The van der Waals surface area contributed by atoms with Crippen LogP contribution >= 0.6 is 0 Å². The topological polar surface area (TPSA) is 70.2 Å². The van der Waals surface area contributed by atoms with Gasteiger partial charge in [-0.05, 0) is 44.0 Å². The minimum Gasteiger partial charge on any atom is -0.337 e. The fourth-order valence-electron chi connectivity index (χ4n) is 3.98. The molecule has 2 aliphatic heterocycles. The maximum Gasteiger partial charge on any atom is 0.272 e. The predicted octanol–water partition coefficient (Wildman–Crippen LogP) is 1.91. The van der Waals surface area contributed by atoms with E-state index in [-0.39, 0.29) is 23.7 Å². The normalized spacial score (nSPS) is 25.2. The zero-order valence-electron chi connectivity index (χ0n) is 14.9. The van der Waals surface area contributed by atoms with Crippen molar-refractivity contribution >= 4 is 5.91 Å². The Kier molecular flexibility index (Phi) is 4.42. The van der Waals surface area contributed by atoms with Crippen LogP contribution in [0.1, 0.15) is 40.0 Å². The summed E-state index contributed by atoms with van der Waals surface area (Å²) in [6.45, 7) is 4.99. The number of hydrogen-bond acceptors (Lipinski definition) is 5. The van der Waals surface area contributed by atoms with Gasteiger partial charge in [0.05, 0.1) is 6.04 Å². The van der Waals surface area contributed by atoms with E-state index in [9.17, 15) is 9.18 Å². The first-order valence-corrected chi connectivity index (χ1v) is 8.89. The third kappa shape index (κ3) is 3.20. The van der Waals surface area contributed by atoms with Crippen molar-refractivity contribution in [2.45, 2.75) is 32.4 Å². The smallest absolute Gasteiger partial charge is 0.272 e. The molecule has 7 heteroatoms. The maximum absolute atomic E-state index is 13.2. The van der Waals surface area contributed by atoms with Crippen molar-refractivity contribution in [1.82, 2.24) is 25.7 Å². The van der Waals surface area contributed by atoms with Gasteiger partial charge in [-0.2, -0.15) is 0 Å². The number of nitrogens with one attached hydrogen (secondary N) is 2. The molecule has 2 aliphatic rings. The van der Waals surface area contributed by atoms with E-state index >= 15 is 0 Å². The summed E-state index contributed by atoms with van der Waals surface area (Å²) in [6, 6.07) is 8.63. The molecule has 2 fully saturated rings. The van der Waals surface area contributed by atoms with Crippen LogP contribution in [-0.2, 0) is 0 Å². The summed E-state index contributed by atoms with van der Waals surface area (Å²) in [7, 11) is 0. The van der Waals surface area contributed by atoms with Crippen molar-refractivity contribution in [2.24, 2.45) is 5.92 Å². The average Bonchev–Trinajstić information content (AvgIpc) is 3.04. The van der Waals surface area contributed by atoms with Gasteiger partial charge in [0.25, 0.3) is 5.91 Å². The van der Waals surface area contributed by atoms with Gasteiger partial charge in [-0.1, -0.05) is 12.1 Å². The molecule has 0 bridgehead atoms. The zero-order chi connectivity index (χ0) is 18.3. The monoisotopic (exact) mass is 355 g/mol. The van der Waals surface area contributed by atoms with Crippen LogP contribution in [0.3, 0.4) is 0 Å². The summed E-state index contributed by atoms with van der Waals surface area (Å²) < 4.78 is 13.2. The fourth-order valence-corrected chi connectivity index (χ4v) is 3.98. The first-order valence-electron chi connectivity index (χ1n) is 8.89. The van der Waals surface area contributed by atoms with Crippen LogP contribution in [-0.4, -0.2) is 39.9 Å². The second kappa shape index (κ2) is 6.74. The highest BCUT2D eigenvalue weighted by atomic mass is 19.1. The van der Waals surface area contributed by atoms with Crippen LogP contribution in [0, 0.1) is 25.6 Å². The summed E-state index contributed by atoms with van der Waals surface area (Å²) in [4.78, 5) is 23.3. The lowest BCUT2D eigenvalue weighted by Gasteiger charge is -2.36. The molecule has 3 atom stereocenters. The van der Waals surface area contributed by atoms with Gasteiger partial charge in [-0.15, -0.1) is 0 Å². The van der Waals surface area contributed by atoms with Gasteiger partial charge in [0.2, 0.25) is 0 Å². The number of halogens is 1. The molecule has 136 valence electrons. The van der Waals surface area contributed by atoms with Crippen LogP contribution in [0.15, 0.2) is 30.3 Å². The molecule has 2 saturated heterocycles. The van der Waals surface area contributed by atoms with Gasteiger partial charge in [0.15, 0.2) is 0 Å². The van der Waals surface area contributed by atoms with Crippen LogP contribution in [0.5, 0.6) is 0 Å². The van der Waals surface area contributed by atoms with E-state index in [1.165, 1.54) is 12.1 Å². The lowest BCUT2D eigenvalue weighted by molar-refractivity contribution is 0.0646. The number of piperidine rings is 1. The van der Waals surface area contributed by atoms with Gasteiger partial charge in [-0.25, -0.2) is 19.8 Å². The molecule has 0 aliphatic carbocycles. The third-order valence-corrected chi connectivity index (χ3v) is 5.21. The number of hydrazine groups is 1. The standard InChI is InChI=1S/C19H22FN5O/c1-11-9-17(22-12(2)21-11)19(26)25-8-7-16-15(10-25)18(24-23-16)13-3-5-14(20)6-4-13/h3-6,9,15-16,18,23-24H,7-8,10H2,1-2H3. The van der Waals surface area contributed by atoms with E-state index in [1.54, 1.807) is 25.1 Å². The average molecular weight is 355 g/mol. The van der Waals surface area contributed by atoms with E-state index in [1.807, 2.05) is 11.8 Å². The summed E-state index contributed by atoms with van der Waals surface area (Å²) in [6.07, 6.45) is 0.865. The molecule has 6 nitrogen and oxygen atoms in total. The van der Waals surface area contributed by atoms with Crippen LogP contribution in [0.4, 0.5) is 4.39 Å². The molecule has 0 spiro atoms. The number of likely N-dealkylation sites (tertiary alicyclic amines) is 1. The van der Waals surface area contributed by atoms with E-state index < -0.39 is 0 Å². The minimum absolute atomic E-state index is 0.0464. The Hall–Kier alpha value is -2.38. The molecule has 2 aromatic rings. The Bertz CT molecular complexity index is 805. The number of carbonyl (C=O) groups is 1. The highest BCUT2D eigenvalue weighted by molar-refractivity contribution is 5.92. The number of benzene rings is 1. The number of nitrogens with zero attached hydrogens (tertiary/aromatic N) is 3. The Morgan fingerprint density at radius 1 is 1.19 bits per heavy atom. The number of hydrogen-bond donors (Lipinski definition) is 2. The number of carbonyl (C=O) groups excluding carboxylic acids is 1. The Labute approximate surface area is 151 Å². The summed E-state index contributed by atoms with van der Waals surface area (Å²) >= 11 is 0. The van der Waals surface area contributed by atoms with Crippen molar-refractivity contribution in [2.75, 3.05) is 13.1 Å². The predicted molar refractivity (Wildman–Crippen MR) is 94.7 cm³/mol. The van der Waals surface area contributed by atoms with Gasteiger partial charge in [-0.3, -0.25) is 10.2 Å². The number of amides is 1. The number of rotatable bonds is 2. The summed E-state index contributed by atoms with van der Waals surface area (Å²) in [5.41, 5.74) is 8.92. The molecular formula is C19H22FN5O. The SMILES string of the molecule is Cc1cc(C(=O)N2CCC3NNC(c4ccc(F)cc4)C3C2)nc(C)n1. The van der Waals surface area contributed by atoms with E-state index in [4.69, 9.17) is 0 Å². The Morgan fingerprint density at radius 3 is 2.69 bits per heavy atom. The second-order valence-corrected chi connectivity index (χ2v) is 7.07. The van der Waals surface area contributed by atoms with Gasteiger partial charge >= 0.3 is 0 Å². The first-order chi connectivity index (χ1) is 12.5. The highest BCUT2D eigenvalue weighted by Crippen LogP contribution is 2.34. The van der Waals surface area contributed by atoms with Gasteiger partial charge in [0, 0.05) is 30.7 Å². The lowest BCUT2D eigenvalue weighted by Crippen LogP contribution is -2.48. The molecule has 2 N–H and O–H groups in total. The molecule has 1 amide bonds. The molecule has 4 rings (SSSR count). The van der Waals surface area contributed by atoms with Crippen LogP contribution < -0.4 is 10.9 Å². The Morgan fingerprint density at radius 2 is 1.96 bits per heavy atom. The Balaban J connectivity index is 1.54. The van der Waals surface area contributed by atoms with E-state index in [0.29, 0.717) is 30.6 Å². The molecule has 3 unspecified atom stereocenters. The minimum atomic E-state index is -0.244. The van der Waals surface area contributed by atoms with Crippen LogP contribution in [0.2, 0.25) is 0 Å². The highest BCUT2D eigenvalue weighted by Gasteiger charge is 2.41. The van der Waals surface area contributed by atoms with Crippen molar-refractivity contribution in [3.63, 3.8) is 0 Å². The molecule has 0 saturated carbocycles. The van der Waals surface area contributed by atoms with Crippen molar-refractivity contribution < 1.29 is 9.18 Å². The maximum atomic E-state index is 13.2. The number of aryl methyl sites for hydroxylation is 2. The third-order valence-electron chi connectivity index (χ3n) is 5.21. The van der Waals surface area contributed by atoms with Crippen molar-refractivity contribution in [3.8, 4) is 0 Å². The molecule has 3 heterocycles. The zero-order valence-corrected chi connectivity index (χ0v) is 14.9. The van der Waals surface area contributed by atoms with Crippen molar-refractivity contribution in [3.05, 3.63) is 58.9 Å².